The maximum atomic E-state index is 13.1. The van der Waals surface area contributed by atoms with Crippen LogP contribution in [0.4, 0.5) is 0 Å². The van der Waals surface area contributed by atoms with Crippen LogP contribution in [-0.2, 0) is 19.1 Å². The lowest BCUT2D eigenvalue weighted by molar-refractivity contribution is -0.420. The molecule has 1 saturated heterocycles. The van der Waals surface area contributed by atoms with E-state index in [1.807, 2.05) is 13.8 Å². The molecule has 1 aliphatic heterocycles. The van der Waals surface area contributed by atoms with Crippen LogP contribution in [0, 0.1) is 5.92 Å². The van der Waals surface area contributed by atoms with Crippen molar-refractivity contribution in [2.24, 2.45) is 5.92 Å². The van der Waals surface area contributed by atoms with E-state index >= 15 is 0 Å². The molecule has 1 heterocycles. The Morgan fingerprint density at radius 1 is 1.26 bits per heavy atom. The van der Waals surface area contributed by atoms with Crippen LogP contribution in [0.25, 0.3) is 0 Å². The molecule has 0 aromatic heterocycles. The van der Waals surface area contributed by atoms with Crippen molar-refractivity contribution >= 4 is 11.9 Å². The van der Waals surface area contributed by atoms with Crippen molar-refractivity contribution in [3.8, 4) is 0 Å². The topological polar surface area (TPSA) is 104 Å². The number of aliphatic hydroxyl groups excluding tert-OH is 1. The highest BCUT2D eigenvalue weighted by Gasteiger charge is 2.45. The zero-order valence-corrected chi connectivity index (χ0v) is 17.5. The molecule has 158 valence electrons. The van der Waals surface area contributed by atoms with Gasteiger partial charge < -0.3 is 37.6 Å². The number of nitrogens with zero attached hydrogens (tertiary/aromatic N) is 1. The number of likely N-dealkylation sites (tertiary alicyclic amines) is 1. The Labute approximate surface area is 168 Å². The second kappa shape index (κ2) is 10.6. The Morgan fingerprint density at radius 2 is 1.89 bits per heavy atom. The predicted octanol–water partition coefficient (Wildman–Crippen LogP) is -2.50. The molecular formula is C19H35ClN2O5. The van der Waals surface area contributed by atoms with Crippen LogP contribution in [0.2, 0.25) is 0 Å². The maximum absolute atomic E-state index is 13.1. The van der Waals surface area contributed by atoms with Gasteiger partial charge >= 0.3 is 5.97 Å². The summed E-state index contributed by atoms with van der Waals surface area (Å²) in [5.41, 5.74) is 3.63. The molecule has 1 saturated carbocycles. The number of methoxy groups -OCH3 is 1. The molecule has 0 spiro atoms. The Morgan fingerprint density at radius 3 is 2.44 bits per heavy atom. The van der Waals surface area contributed by atoms with Crippen molar-refractivity contribution in [1.29, 1.82) is 0 Å². The van der Waals surface area contributed by atoms with Crippen LogP contribution in [0.3, 0.4) is 0 Å². The minimum Gasteiger partial charge on any atom is -1.00 e. The Kier molecular flexibility index (Phi) is 9.48. The predicted molar refractivity (Wildman–Crippen MR) is 96.0 cm³/mol. The molecule has 7 nitrogen and oxygen atoms in total. The first-order chi connectivity index (χ1) is 12.3. The van der Waals surface area contributed by atoms with Crippen molar-refractivity contribution in [1.82, 2.24) is 4.90 Å². The summed E-state index contributed by atoms with van der Waals surface area (Å²) in [6.07, 6.45) is 6.24. The number of esters is 1. The first kappa shape index (κ1) is 24.1. The normalized spacial score (nSPS) is 25.0. The number of aliphatic hydroxyl groups is 1. The molecule has 4 N–H and O–H groups in total. The van der Waals surface area contributed by atoms with Gasteiger partial charge in [0.2, 0.25) is 0 Å². The highest BCUT2D eigenvalue weighted by Crippen LogP contribution is 2.30. The second-order valence-corrected chi connectivity index (χ2v) is 8.24. The molecule has 8 heteroatoms. The number of carbonyl (C=O) groups is 2. The minimum atomic E-state index is -0.615. The first-order valence-electron chi connectivity index (χ1n) is 9.79. The molecule has 2 fully saturated rings. The molecular weight excluding hydrogens is 372 g/mol. The fourth-order valence-corrected chi connectivity index (χ4v) is 4.22. The lowest BCUT2D eigenvalue weighted by atomic mass is 9.83. The van der Waals surface area contributed by atoms with Gasteiger partial charge in [0.15, 0.2) is 6.04 Å². The Balaban J connectivity index is 0.00000364. The number of quaternary nitrogens is 1. The summed E-state index contributed by atoms with van der Waals surface area (Å²) >= 11 is 0. The van der Waals surface area contributed by atoms with E-state index in [2.05, 4.69) is 5.73 Å². The first-order valence-corrected chi connectivity index (χ1v) is 9.79. The van der Waals surface area contributed by atoms with E-state index < -0.39 is 17.6 Å². The fourth-order valence-electron chi connectivity index (χ4n) is 4.22. The van der Waals surface area contributed by atoms with Crippen molar-refractivity contribution in [2.45, 2.75) is 82.6 Å². The van der Waals surface area contributed by atoms with Gasteiger partial charge in [-0.1, -0.05) is 19.3 Å². The van der Waals surface area contributed by atoms with E-state index in [-0.39, 0.29) is 37.1 Å². The zero-order valence-electron chi connectivity index (χ0n) is 16.8. The average molecular weight is 407 g/mol. The van der Waals surface area contributed by atoms with Gasteiger partial charge in [0.1, 0.15) is 6.04 Å². The molecule has 27 heavy (non-hydrogen) atoms. The number of rotatable bonds is 7. The molecule has 0 bridgehead atoms. The average Bonchev–Trinajstić information content (AvgIpc) is 3.03. The fraction of sp³-hybridized carbons (Fsp3) is 0.895. The summed E-state index contributed by atoms with van der Waals surface area (Å²) in [7, 11) is 1.34. The molecule has 3 atom stereocenters. The molecule has 0 radical (unpaired) electrons. The quantitative estimate of drug-likeness (QED) is 0.455. The largest absolute Gasteiger partial charge is 1.00 e. The van der Waals surface area contributed by atoms with Crippen LogP contribution in [0.15, 0.2) is 0 Å². The summed E-state index contributed by atoms with van der Waals surface area (Å²) < 4.78 is 11.0. The van der Waals surface area contributed by atoms with Crippen LogP contribution < -0.4 is 18.1 Å². The number of carbonyl (C=O) groups excluding carboxylic acids is 2. The van der Waals surface area contributed by atoms with Gasteiger partial charge in [-0.3, -0.25) is 4.79 Å². The van der Waals surface area contributed by atoms with Gasteiger partial charge in [0.05, 0.1) is 18.8 Å². The highest BCUT2D eigenvalue weighted by molar-refractivity contribution is 5.87. The number of halogens is 1. The van der Waals surface area contributed by atoms with Crippen LogP contribution in [0.5, 0.6) is 0 Å². The smallest absolute Gasteiger partial charge is 0.328 e. The number of hydrogen-bond donors (Lipinski definition) is 2. The van der Waals surface area contributed by atoms with Crippen molar-refractivity contribution in [3.63, 3.8) is 0 Å². The molecule has 1 amide bonds. The van der Waals surface area contributed by atoms with E-state index in [1.165, 1.54) is 13.5 Å². The van der Waals surface area contributed by atoms with Gasteiger partial charge in [-0.25, -0.2) is 4.79 Å². The molecule has 0 aromatic rings. The number of amides is 1. The van der Waals surface area contributed by atoms with Crippen molar-refractivity contribution in [3.05, 3.63) is 0 Å². The second-order valence-electron chi connectivity index (χ2n) is 8.24. The van der Waals surface area contributed by atoms with Gasteiger partial charge in [0.25, 0.3) is 5.91 Å². The van der Waals surface area contributed by atoms with E-state index in [4.69, 9.17) is 9.47 Å². The Bertz CT molecular complexity index is 496. The SMILES string of the molecule is COC(=O)[C@@H]1C[C@@H](OC(C)(C)CCO)CN1C(=O)[C@@H]([NH3+])C1CCCCC1.[Cl-]. The molecule has 0 unspecified atom stereocenters. The lowest BCUT2D eigenvalue weighted by Crippen LogP contribution is -3.00. The van der Waals surface area contributed by atoms with Crippen molar-refractivity contribution in [2.75, 3.05) is 20.3 Å². The van der Waals surface area contributed by atoms with E-state index in [0.717, 1.165) is 25.7 Å². The third-order valence-electron chi connectivity index (χ3n) is 5.75. The number of hydrogen-bond acceptors (Lipinski definition) is 5. The molecule has 1 aliphatic carbocycles. The van der Waals surface area contributed by atoms with Crippen LogP contribution >= 0.6 is 0 Å². The van der Waals surface area contributed by atoms with E-state index in [0.29, 0.717) is 25.3 Å². The number of ether oxygens (including phenoxy) is 2. The zero-order chi connectivity index (χ0) is 19.3. The summed E-state index contributed by atoms with van der Waals surface area (Å²) in [6.45, 7) is 4.22. The maximum Gasteiger partial charge on any atom is 0.328 e. The van der Waals surface area contributed by atoms with Gasteiger partial charge in [-0.05, 0) is 33.1 Å². The highest BCUT2D eigenvalue weighted by atomic mass is 35.5. The molecule has 2 rings (SSSR count). The molecule has 2 aliphatic rings. The minimum absolute atomic E-state index is 0. The van der Waals surface area contributed by atoms with E-state index in [1.54, 1.807) is 4.90 Å². The summed E-state index contributed by atoms with van der Waals surface area (Å²) in [5.74, 6) is -0.182. The summed E-state index contributed by atoms with van der Waals surface area (Å²) in [5, 5.41) is 9.18. The van der Waals surface area contributed by atoms with Crippen LogP contribution in [0.1, 0.15) is 58.8 Å². The summed E-state index contributed by atoms with van der Waals surface area (Å²) in [4.78, 5) is 26.9. The van der Waals surface area contributed by atoms with Crippen LogP contribution in [-0.4, -0.2) is 65.9 Å². The third-order valence-corrected chi connectivity index (χ3v) is 5.75. The summed E-state index contributed by atoms with van der Waals surface area (Å²) in [6, 6.07) is -0.943. The lowest BCUT2D eigenvalue weighted by Gasteiger charge is -2.30. The van der Waals surface area contributed by atoms with Crippen molar-refractivity contribution < 1.29 is 42.3 Å². The third kappa shape index (κ3) is 6.31. The van der Waals surface area contributed by atoms with Gasteiger partial charge in [-0.15, -0.1) is 0 Å². The monoisotopic (exact) mass is 406 g/mol. The van der Waals surface area contributed by atoms with Gasteiger partial charge in [-0.2, -0.15) is 0 Å². The standard InChI is InChI=1S/C19H34N2O5.ClH/c1-19(2,9-10-22)26-14-11-15(18(24)25-3)21(12-14)17(23)16(20)13-7-5-4-6-8-13;/h13-16,22H,4-12,20H2,1-3H3;1H/t14-,15+,16+;/m1./s1. The molecule has 0 aromatic carbocycles. The van der Waals surface area contributed by atoms with Gasteiger partial charge in [0, 0.05) is 25.5 Å². The Hall–Kier alpha value is -0.890. The van der Waals surface area contributed by atoms with E-state index in [9.17, 15) is 14.7 Å².